The van der Waals surface area contributed by atoms with Crippen LogP contribution in [0.5, 0.6) is 0 Å². The van der Waals surface area contributed by atoms with Crippen LogP contribution in [0.1, 0.15) is 26.2 Å². The number of hydrogen-bond donors (Lipinski definition) is 0. The van der Waals surface area contributed by atoms with Crippen LogP contribution in [0.15, 0.2) is 0 Å². The summed E-state index contributed by atoms with van der Waals surface area (Å²) in [5, 5.41) is 0. The zero-order valence-electron chi connectivity index (χ0n) is 13.0. The molecular weight excluding hydrogens is 270 g/mol. The minimum absolute atomic E-state index is 0.0403. The Morgan fingerprint density at radius 2 is 1.95 bits per heavy atom. The van der Waals surface area contributed by atoms with E-state index in [0.29, 0.717) is 19.8 Å². The molecule has 21 heavy (non-hydrogen) atoms. The van der Waals surface area contributed by atoms with Gasteiger partial charge in [-0.15, -0.1) is 0 Å². The Balaban J connectivity index is 1.74. The SMILES string of the molecule is CC1CN(C(=O)C2(N3CCOCC3)CCC2)CC(=O)N1C. The standard InChI is InChI=1S/C15H25N3O3/c1-12-10-17(11-13(19)16(12)2)14(20)15(4-3-5-15)18-6-8-21-9-7-18/h12H,3-11H2,1-2H3. The van der Waals surface area contributed by atoms with E-state index in [0.717, 1.165) is 32.4 Å². The molecule has 0 spiro atoms. The van der Waals surface area contributed by atoms with Crippen LogP contribution in [0.2, 0.25) is 0 Å². The molecule has 3 aliphatic rings. The summed E-state index contributed by atoms with van der Waals surface area (Å²) in [6.45, 7) is 5.92. The number of amides is 2. The summed E-state index contributed by atoms with van der Waals surface area (Å²) in [6, 6.07) is 0.0945. The van der Waals surface area contributed by atoms with Gasteiger partial charge in [0, 0.05) is 32.7 Å². The van der Waals surface area contributed by atoms with E-state index in [4.69, 9.17) is 4.74 Å². The fraction of sp³-hybridized carbons (Fsp3) is 0.867. The van der Waals surface area contributed by atoms with Gasteiger partial charge >= 0.3 is 0 Å². The predicted molar refractivity (Wildman–Crippen MR) is 77.8 cm³/mol. The fourth-order valence-electron chi connectivity index (χ4n) is 3.64. The Morgan fingerprint density at radius 3 is 2.48 bits per heavy atom. The Kier molecular flexibility index (Phi) is 3.92. The summed E-state index contributed by atoms with van der Waals surface area (Å²) in [5.74, 6) is 0.197. The molecule has 0 radical (unpaired) electrons. The zero-order chi connectivity index (χ0) is 15.0. The summed E-state index contributed by atoms with van der Waals surface area (Å²) in [7, 11) is 1.82. The molecule has 0 aromatic heterocycles. The number of piperazine rings is 1. The van der Waals surface area contributed by atoms with Gasteiger partial charge in [-0.25, -0.2) is 0 Å². The van der Waals surface area contributed by atoms with Gasteiger partial charge in [-0.3, -0.25) is 14.5 Å². The lowest BCUT2D eigenvalue weighted by Crippen LogP contribution is -2.68. The first-order valence-electron chi connectivity index (χ1n) is 7.92. The third kappa shape index (κ3) is 2.44. The van der Waals surface area contributed by atoms with Gasteiger partial charge in [-0.05, 0) is 26.2 Å². The van der Waals surface area contributed by atoms with Crippen LogP contribution in [0.4, 0.5) is 0 Å². The van der Waals surface area contributed by atoms with Crippen molar-refractivity contribution >= 4 is 11.8 Å². The number of carbonyl (C=O) groups excluding carboxylic acids is 2. The molecule has 0 aromatic rings. The average molecular weight is 295 g/mol. The lowest BCUT2D eigenvalue weighted by atomic mass is 9.73. The van der Waals surface area contributed by atoms with E-state index in [-0.39, 0.29) is 29.9 Å². The number of hydrogen-bond acceptors (Lipinski definition) is 4. The van der Waals surface area contributed by atoms with Crippen molar-refractivity contribution in [3.8, 4) is 0 Å². The maximum absolute atomic E-state index is 13.1. The Hall–Kier alpha value is -1.14. The first-order chi connectivity index (χ1) is 10.0. The number of carbonyl (C=O) groups is 2. The van der Waals surface area contributed by atoms with Crippen molar-refractivity contribution in [2.24, 2.45) is 0 Å². The van der Waals surface area contributed by atoms with Crippen LogP contribution >= 0.6 is 0 Å². The van der Waals surface area contributed by atoms with Crippen LogP contribution in [-0.4, -0.2) is 84.5 Å². The largest absolute Gasteiger partial charge is 0.379 e. The molecule has 3 rings (SSSR count). The predicted octanol–water partition coefficient (Wildman–Crippen LogP) is -0.0696. The molecule has 0 bridgehead atoms. The number of rotatable bonds is 2. The molecule has 2 heterocycles. The van der Waals surface area contributed by atoms with Gasteiger partial charge < -0.3 is 14.5 Å². The molecule has 1 aliphatic carbocycles. The highest BCUT2D eigenvalue weighted by Gasteiger charge is 2.51. The number of morpholine rings is 1. The van der Waals surface area contributed by atoms with E-state index >= 15 is 0 Å². The normalized spacial score (nSPS) is 30.2. The molecule has 1 atom stereocenters. The third-order valence-electron chi connectivity index (χ3n) is 5.35. The first-order valence-corrected chi connectivity index (χ1v) is 7.92. The molecule has 2 amide bonds. The van der Waals surface area contributed by atoms with Crippen molar-refractivity contribution in [3.63, 3.8) is 0 Å². The van der Waals surface area contributed by atoms with Crippen molar-refractivity contribution in [2.45, 2.75) is 37.8 Å². The molecule has 118 valence electrons. The summed E-state index contributed by atoms with van der Waals surface area (Å²) in [6.07, 6.45) is 2.93. The first kappa shape index (κ1) is 14.8. The highest BCUT2D eigenvalue weighted by atomic mass is 16.5. The van der Waals surface area contributed by atoms with Gasteiger partial charge in [0.05, 0.1) is 19.8 Å². The lowest BCUT2D eigenvalue weighted by Gasteiger charge is -2.52. The molecule has 2 saturated heterocycles. The number of ether oxygens (including phenoxy) is 1. The van der Waals surface area contributed by atoms with Crippen molar-refractivity contribution in [1.29, 1.82) is 0 Å². The molecule has 2 aliphatic heterocycles. The molecule has 6 nitrogen and oxygen atoms in total. The van der Waals surface area contributed by atoms with E-state index < -0.39 is 0 Å². The van der Waals surface area contributed by atoms with Crippen molar-refractivity contribution in [1.82, 2.24) is 14.7 Å². The fourth-order valence-corrected chi connectivity index (χ4v) is 3.64. The quantitative estimate of drug-likeness (QED) is 0.716. The van der Waals surface area contributed by atoms with Crippen LogP contribution in [0.25, 0.3) is 0 Å². The number of likely N-dealkylation sites (N-methyl/N-ethyl adjacent to an activating group) is 1. The smallest absolute Gasteiger partial charge is 0.243 e. The van der Waals surface area contributed by atoms with E-state index in [1.165, 1.54) is 0 Å². The van der Waals surface area contributed by atoms with E-state index in [2.05, 4.69) is 4.90 Å². The van der Waals surface area contributed by atoms with Crippen LogP contribution in [-0.2, 0) is 14.3 Å². The van der Waals surface area contributed by atoms with E-state index in [1.807, 2.05) is 14.0 Å². The molecular formula is C15H25N3O3. The van der Waals surface area contributed by atoms with Crippen molar-refractivity contribution in [3.05, 3.63) is 0 Å². The Labute approximate surface area is 126 Å². The van der Waals surface area contributed by atoms with Crippen LogP contribution in [0, 0.1) is 0 Å². The van der Waals surface area contributed by atoms with Gasteiger partial charge in [0.15, 0.2) is 0 Å². The average Bonchev–Trinajstić information content (AvgIpc) is 2.44. The van der Waals surface area contributed by atoms with Crippen molar-refractivity contribution < 1.29 is 14.3 Å². The molecule has 1 unspecified atom stereocenters. The highest BCUT2D eigenvalue weighted by Crippen LogP contribution is 2.40. The molecule has 0 N–H and O–H groups in total. The second-order valence-electron chi connectivity index (χ2n) is 6.52. The maximum atomic E-state index is 13.1. The second kappa shape index (κ2) is 5.57. The molecule has 0 aromatic carbocycles. The van der Waals surface area contributed by atoms with E-state index in [1.54, 1.807) is 9.80 Å². The van der Waals surface area contributed by atoms with Crippen molar-refractivity contribution in [2.75, 3.05) is 46.4 Å². The molecule has 1 saturated carbocycles. The van der Waals surface area contributed by atoms with Gasteiger partial charge in [0.1, 0.15) is 5.54 Å². The lowest BCUT2D eigenvalue weighted by molar-refractivity contribution is -0.163. The minimum atomic E-state index is -0.361. The summed E-state index contributed by atoms with van der Waals surface area (Å²) in [4.78, 5) is 30.9. The number of nitrogens with zero attached hydrogens (tertiary/aromatic N) is 3. The molecule has 6 heteroatoms. The Morgan fingerprint density at radius 1 is 1.29 bits per heavy atom. The van der Waals surface area contributed by atoms with Gasteiger partial charge in [0.25, 0.3) is 0 Å². The van der Waals surface area contributed by atoms with E-state index in [9.17, 15) is 9.59 Å². The molecule has 3 fully saturated rings. The van der Waals surface area contributed by atoms with Gasteiger partial charge in [-0.1, -0.05) is 0 Å². The van der Waals surface area contributed by atoms with Gasteiger partial charge in [0.2, 0.25) is 11.8 Å². The Bertz CT molecular complexity index is 430. The minimum Gasteiger partial charge on any atom is -0.379 e. The second-order valence-corrected chi connectivity index (χ2v) is 6.52. The highest BCUT2D eigenvalue weighted by molar-refractivity contribution is 5.92. The van der Waals surface area contributed by atoms with Crippen LogP contribution < -0.4 is 0 Å². The zero-order valence-corrected chi connectivity index (χ0v) is 13.0. The topological polar surface area (TPSA) is 53.1 Å². The third-order valence-corrected chi connectivity index (χ3v) is 5.35. The summed E-state index contributed by atoms with van der Waals surface area (Å²) < 4.78 is 5.41. The van der Waals surface area contributed by atoms with Gasteiger partial charge in [-0.2, -0.15) is 0 Å². The monoisotopic (exact) mass is 295 g/mol. The summed E-state index contributed by atoms with van der Waals surface area (Å²) >= 11 is 0. The summed E-state index contributed by atoms with van der Waals surface area (Å²) in [5.41, 5.74) is -0.361. The van der Waals surface area contributed by atoms with Crippen LogP contribution in [0.3, 0.4) is 0 Å². The maximum Gasteiger partial charge on any atom is 0.243 e.